The number of hydrogen-bond donors (Lipinski definition) is 0. The van der Waals surface area contributed by atoms with Gasteiger partial charge in [0.15, 0.2) is 0 Å². The maximum atomic E-state index is 11.9. The molecule has 0 aliphatic rings. The zero-order valence-electron chi connectivity index (χ0n) is 11.3. The van der Waals surface area contributed by atoms with Crippen molar-refractivity contribution in [2.45, 2.75) is 19.8 Å². The second-order valence-corrected chi connectivity index (χ2v) is 5.34. The molecular weight excluding hydrogens is 274 g/mol. The van der Waals surface area contributed by atoms with Gasteiger partial charge in [-0.1, -0.05) is 6.08 Å². The van der Waals surface area contributed by atoms with Crippen LogP contribution in [0, 0.1) is 5.92 Å². The van der Waals surface area contributed by atoms with Gasteiger partial charge in [0, 0.05) is 7.05 Å². The fraction of sp³-hybridized carbons (Fsp3) is 0.636. The van der Waals surface area contributed by atoms with Crippen molar-refractivity contribution in [1.82, 2.24) is 5.06 Å². The Labute approximate surface area is 113 Å². The molecule has 0 saturated carbocycles. The van der Waals surface area contributed by atoms with Gasteiger partial charge in [-0.2, -0.15) is 8.42 Å². The Morgan fingerprint density at radius 1 is 1.42 bits per heavy atom. The average molecular weight is 293 g/mol. The molecule has 19 heavy (non-hydrogen) atoms. The summed E-state index contributed by atoms with van der Waals surface area (Å²) in [5, 5.41) is 0.528. The number of nitrogens with zero attached hydrogens (tertiary/aromatic N) is 1. The van der Waals surface area contributed by atoms with Crippen LogP contribution in [0.1, 0.15) is 19.8 Å². The lowest BCUT2D eigenvalue weighted by Crippen LogP contribution is -2.39. The third kappa shape index (κ3) is 6.92. The molecule has 0 aromatic heterocycles. The molecule has 0 aliphatic carbocycles. The summed E-state index contributed by atoms with van der Waals surface area (Å²) in [6, 6.07) is 0. The van der Waals surface area contributed by atoms with E-state index < -0.39 is 27.9 Å². The lowest BCUT2D eigenvalue weighted by atomic mass is 10.0. The minimum absolute atomic E-state index is 0.132. The summed E-state index contributed by atoms with van der Waals surface area (Å²) in [5.74, 6) is -2.59. The van der Waals surface area contributed by atoms with E-state index in [1.807, 2.05) is 0 Å². The monoisotopic (exact) mass is 293 g/mol. The van der Waals surface area contributed by atoms with Crippen LogP contribution in [0.2, 0.25) is 0 Å². The highest BCUT2D eigenvalue weighted by Gasteiger charge is 2.31. The number of allylic oxidation sites excluding steroid dienone is 1. The van der Waals surface area contributed by atoms with Crippen LogP contribution in [0.25, 0.3) is 0 Å². The molecule has 0 rings (SSSR count). The number of hydrogen-bond acceptors (Lipinski definition) is 6. The van der Waals surface area contributed by atoms with Gasteiger partial charge in [0.2, 0.25) is 0 Å². The van der Waals surface area contributed by atoms with Crippen molar-refractivity contribution >= 4 is 22.0 Å². The fourth-order valence-electron chi connectivity index (χ4n) is 1.33. The predicted molar refractivity (Wildman–Crippen MR) is 68.3 cm³/mol. The summed E-state index contributed by atoms with van der Waals surface area (Å²) in [5.41, 5.74) is 0. The lowest BCUT2D eigenvalue weighted by Gasteiger charge is -2.20. The van der Waals surface area contributed by atoms with Gasteiger partial charge < -0.3 is 4.74 Å². The van der Waals surface area contributed by atoms with E-state index >= 15 is 0 Å². The standard InChI is InChI=1S/C11H19NO6S/c1-5-7-8-9(11(14)17-6-2)10(13)12(3)18-19(4,15)16/h5,9H,1,6-8H2,2-4H3. The van der Waals surface area contributed by atoms with Crippen molar-refractivity contribution < 1.29 is 27.0 Å². The van der Waals surface area contributed by atoms with E-state index in [4.69, 9.17) is 4.74 Å². The van der Waals surface area contributed by atoms with Crippen molar-refractivity contribution in [2.75, 3.05) is 19.9 Å². The molecule has 1 atom stereocenters. The average Bonchev–Trinajstić information content (AvgIpc) is 2.27. The normalized spacial score (nSPS) is 12.6. The number of carbonyl (C=O) groups is 2. The number of esters is 1. The molecule has 8 heteroatoms. The number of hydroxylamine groups is 2. The molecule has 0 bridgehead atoms. The van der Waals surface area contributed by atoms with Gasteiger partial charge in [-0.05, 0) is 19.8 Å². The molecule has 0 saturated heterocycles. The third-order valence-corrected chi connectivity index (χ3v) is 2.58. The fourth-order valence-corrected chi connectivity index (χ4v) is 1.81. The van der Waals surface area contributed by atoms with E-state index in [-0.39, 0.29) is 13.0 Å². The summed E-state index contributed by atoms with van der Waals surface area (Å²) >= 11 is 0. The van der Waals surface area contributed by atoms with Crippen LogP contribution in [0.5, 0.6) is 0 Å². The zero-order chi connectivity index (χ0) is 15.1. The molecule has 0 N–H and O–H groups in total. The van der Waals surface area contributed by atoms with Crippen LogP contribution >= 0.6 is 0 Å². The maximum Gasteiger partial charge on any atom is 0.318 e. The van der Waals surface area contributed by atoms with Crippen molar-refractivity contribution in [3.8, 4) is 0 Å². The van der Waals surface area contributed by atoms with Gasteiger partial charge in [0.1, 0.15) is 5.92 Å². The Bertz CT molecular complexity index is 430. The first kappa shape index (κ1) is 17.6. The summed E-state index contributed by atoms with van der Waals surface area (Å²) in [6.07, 6.45) is 2.96. The van der Waals surface area contributed by atoms with Gasteiger partial charge in [-0.15, -0.1) is 10.9 Å². The van der Waals surface area contributed by atoms with Crippen LogP contribution in [-0.2, 0) is 28.7 Å². The lowest BCUT2D eigenvalue weighted by molar-refractivity contribution is -0.166. The number of amides is 1. The molecule has 0 heterocycles. The summed E-state index contributed by atoms with van der Waals surface area (Å²) in [6.45, 7) is 5.24. The van der Waals surface area contributed by atoms with E-state index in [9.17, 15) is 18.0 Å². The van der Waals surface area contributed by atoms with E-state index in [2.05, 4.69) is 10.9 Å². The van der Waals surface area contributed by atoms with Gasteiger partial charge >= 0.3 is 5.97 Å². The number of carbonyl (C=O) groups excluding carboxylic acids is 2. The third-order valence-electron chi connectivity index (χ3n) is 2.09. The SMILES string of the molecule is C=CCCC(C(=O)OCC)C(=O)N(C)OS(C)(=O)=O. The van der Waals surface area contributed by atoms with Crippen LogP contribution in [-0.4, -0.2) is 45.3 Å². The van der Waals surface area contributed by atoms with Crippen LogP contribution < -0.4 is 0 Å². The molecule has 1 amide bonds. The first-order chi connectivity index (χ1) is 8.72. The highest BCUT2D eigenvalue weighted by molar-refractivity contribution is 7.85. The Morgan fingerprint density at radius 3 is 2.42 bits per heavy atom. The highest BCUT2D eigenvalue weighted by Crippen LogP contribution is 2.14. The quantitative estimate of drug-likeness (QED) is 0.280. The Hall–Kier alpha value is -1.41. The van der Waals surface area contributed by atoms with E-state index in [1.165, 1.54) is 0 Å². The Kier molecular flexibility index (Phi) is 7.32. The summed E-state index contributed by atoms with van der Waals surface area (Å²) in [4.78, 5) is 23.6. The van der Waals surface area contributed by atoms with Gasteiger partial charge in [-0.25, -0.2) is 5.06 Å². The second-order valence-electron chi connectivity index (χ2n) is 3.79. The zero-order valence-corrected chi connectivity index (χ0v) is 12.1. The minimum atomic E-state index is -3.83. The maximum absolute atomic E-state index is 11.9. The molecule has 7 nitrogen and oxygen atoms in total. The van der Waals surface area contributed by atoms with Crippen molar-refractivity contribution in [3.63, 3.8) is 0 Å². The van der Waals surface area contributed by atoms with Crippen molar-refractivity contribution in [3.05, 3.63) is 12.7 Å². The van der Waals surface area contributed by atoms with Gasteiger partial charge in [0.05, 0.1) is 12.9 Å². The molecular formula is C11H19NO6S. The van der Waals surface area contributed by atoms with E-state index in [1.54, 1.807) is 13.0 Å². The van der Waals surface area contributed by atoms with E-state index in [0.717, 1.165) is 13.3 Å². The molecule has 0 aromatic rings. The first-order valence-corrected chi connectivity index (χ1v) is 7.49. The first-order valence-electron chi connectivity index (χ1n) is 5.67. The molecule has 0 fully saturated rings. The summed E-state index contributed by atoms with van der Waals surface area (Å²) < 4.78 is 31.0. The topological polar surface area (TPSA) is 90.0 Å². The highest BCUT2D eigenvalue weighted by atomic mass is 32.2. The molecule has 0 aromatic carbocycles. The van der Waals surface area contributed by atoms with Crippen molar-refractivity contribution in [2.24, 2.45) is 5.92 Å². The van der Waals surface area contributed by atoms with Crippen LogP contribution in [0.3, 0.4) is 0 Å². The number of rotatable bonds is 8. The van der Waals surface area contributed by atoms with Gasteiger partial charge in [0.25, 0.3) is 16.0 Å². The van der Waals surface area contributed by atoms with Crippen molar-refractivity contribution in [1.29, 1.82) is 0 Å². The second kappa shape index (κ2) is 7.90. The largest absolute Gasteiger partial charge is 0.465 e. The number of ether oxygens (including phenoxy) is 1. The predicted octanol–water partition coefficient (Wildman–Crippen LogP) is 0.482. The molecule has 110 valence electrons. The summed E-state index contributed by atoms with van der Waals surface area (Å²) in [7, 11) is -2.70. The van der Waals surface area contributed by atoms with E-state index in [0.29, 0.717) is 11.5 Å². The molecule has 0 aliphatic heterocycles. The molecule has 0 spiro atoms. The minimum Gasteiger partial charge on any atom is -0.465 e. The smallest absolute Gasteiger partial charge is 0.318 e. The molecule has 0 radical (unpaired) electrons. The van der Waals surface area contributed by atoms with Crippen LogP contribution in [0.15, 0.2) is 12.7 Å². The molecule has 1 unspecified atom stereocenters. The van der Waals surface area contributed by atoms with Gasteiger partial charge in [-0.3, -0.25) is 9.59 Å². The Balaban J connectivity index is 4.88. The van der Waals surface area contributed by atoms with Crippen LogP contribution in [0.4, 0.5) is 0 Å². The Morgan fingerprint density at radius 2 is 2.00 bits per heavy atom.